The molecule has 0 radical (unpaired) electrons. The molecule has 0 atom stereocenters. The molecule has 0 heterocycles. The lowest BCUT2D eigenvalue weighted by Gasteiger charge is -2.31. The summed E-state index contributed by atoms with van der Waals surface area (Å²) in [7, 11) is 0. The lowest BCUT2D eigenvalue weighted by molar-refractivity contribution is 0.241. The van der Waals surface area contributed by atoms with Crippen LogP contribution in [0.25, 0.3) is 0 Å². The van der Waals surface area contributed by atoms with Crippen molar-refractivity contribution in [1.29, 1.82) is 0 Å². The van der Waals surface area contributed by atoms with Gasteiger partial charge in [0.2, 0.25) is 0 Å². The van der Waals surface area contributed by atoms with Gasteiger partial charge in [0.1, 0.15) is 17.5 Å². The van der Waals surface area contributed by atoms with Crippen molar-refractivity contribution in [2.24, 2.45) is 17.8 Å². The molecule has 0 unspecified atom stereocenters. The van der Waals surface area contributed by atoms with E-state index in [1.54, 1.807) is 0 Å². The van der Waals surface area contributed by atoms with Crippen LogP contribution < -0.4 is 0 Å². The van der Waals surface area contributed by atoms with Gasteiger partial charge in [-0.15, -0.1) is 0 Å². The molecule has 3 heteroatoms. The molecule has 0 saturated heterocycles. The lowest BCUT2D eigenvalue weighted by atomic mass is 9.76. The Morgan fingerprint density at radius 1 is 0.808 bits per heavy atom. The molecule has 2 aliphatic carbocycles. The number of hydrogen-bond donors (Lipinski definition) is 0. The zero-order chi connectivity index (χ0) is 18.5. The maximum absolute atomic E-state index is 14.7. The van der Waals surface area contributed by atoms with Crippen molar-refractivity contribution < 1.29 is 13.2 Å². The molecule has 0 amide bonds. The molecule has 26 heavy (non-hydrogen) atoms. The second-order valence-corrected chi connectivity index (χ2v) is 8.30. The van der Waals surface area contributed by atoms with Crippen LogP contribution in [0.4, 0.5) is 13.2 Å². The average Bonchev–Trinajstić information content (AvgIpc) is 2.68. The van der Waals surface area contributed by atoms with Crippen molar-refractivity contribution in [3.05, 3.63) is 47.3 Å². The maximum atomic E-state index is 14.7. The Hall–Kier alpha value is -1.25. The van der Waals surface area contributed by atoms with Gasteiger partial charge >= 0.3 is 0 Å². The molecular weight excluding hydrogens is 333 g/mol. The second-order valence-electron chi connectivity index (χ2n) is 8.30. The Kier molecular flexibility index (Phi) is 6.83. The fourth-order valence-corrected chi connectivity index (χ4v) is 4.92. The quantitative estimate of drug-likeness (QED) is 0.499. The first kappa shape index (κ1) is 19.5. The van der Waals surface area contributed by atoms with Gasteiger partial charge in [-0.3, -0.25) is 0 Å². The van der Waals surface area contributed by atoms with Crippen molar-refractivity contribution >= 4 is 0 Å². The summed E-state index contributed by atoms with van der Waals surface area (Å²) in [6, 6.07) is 6.61. The minimum absolute atomic E-state index is 0.196. The van der Waals surface area contributed by atoms with Crippen LogP contribution in [-0.2, 0) is 0 Å². The molecular formula is C23H31F3. The molecule has 2 aliphatic rings. The molecule has 0 aliphatic heterocycles. The summed E-state index contributed by atoms with van der Waals surface area (Å²) >= 11 is 0. The third-order valence-electron chi connectivity index (χ3n) is 6.56. The van der Waals surface area contributed by atoms with Gasteiger partial charge in [0.05, 0.1) is 0 Å². The zero-order valence-corrected chi connectivity index (χ0v) is 15.8. The molecule has 2 fully saturated rings. The summed E-state index contributed by atoms with van der Waals surface area (Å²) in [5.41, 5.74) is 1.11. The second kappa shape index (κ2) is 9.10. The Bertz CT molecular complexity index is 588. The minimum Gasteiger partial charge on any atom is -0.209 e. The Balaban J connectivity index is 1.54. The first-order valence-electron chi connectivity index (χ1n) is 10.4. The van der Waals surface area contributed by atoms with Crippen LogP contribution in [-0.4, -0.2) is 0 Å². The predicted molar refractivity (Wildman–Crippen MR) is 101 cm³/mol. The number of allylic oxidation sites excluding steroid dienone is 2. The largest absolute Gasteiger partial charge is 0.209 e. The van der Waals surface area contributed by atoms with Crippen LogP contribution in [0.2, 0.25) is 0 Å². The average molecular weight is 364 g/mol. The summed E-state index contributed by atoms with van der Waals surface area (Å²) in [5, 5.41) is 0. The highest BCUT2D eigenvalue weighted by Crippen LogP contribution is 2.43. The van der Waals surface area contributed by atoms with Crippen LogP contribution in [0.1, 0.15) is 82.6 Å². The Labute approximate surface area is 155 Å². The summed E-state index contributed by atoms with van der Waals surface area (Å²) in [4.78, 5) is 0. The zero-order valence-electron chi connectivity index (χ0n) is 15.8. The predicted octanol–water partition coefficient (Wildman–Crippen LogP) is 7.86. The topological polar surface area (TPSA) is 0 Å². The van der Waals surface area contributed by atoms with E-state index in [-0.39, 0.29) is 17.7 Å². The van der Waals surface area contributed by atoms with Crippen LogP contribution in [0.3, 0.4) is 0 Å². The van der Waals surface area contributed by atoms with E-state index in [9.17, 15) is 13.2 Å². The molecule has 3 rings (SSSR count). The minimum atomic E-state index is -0.471. The van der Waals surface area contributed by atoms with Crippen molar-refractivity contribution in [2.75, 3.05) is 0 Å². The smallest absolute Gasteiger partial charge is 0.135 e. The van der Waals surface area contributed by atoms with Gasteiger partial charge in [-0.2, -0.15) is 0 Å². The fourth-order valence-electron chi connectivity index (χ4n) is 4.92. The molecule has 0 nitrogen and oxygen atoms in total. The number of halogens is 3. The van der Waals surface area contributed by atoms with E-state index in [4.69, 9.17) is 0 Å². The third-order valence-corrected chi connectivity index (χ3v) is 6.56. The van der Waals surface area contributed by atoms with Crippen molar-refractivity contribution in [3.63, 3.8) is 0 Å². The fraction of sp³-hybridized carbons (Fsp3) is 0.652. The van der Waals surface area contributed by atoms with Crippen LogP contribution in [0.5, 0.6) is 0 Å². The van der Waals surface area contributed by atoms with Gasteiger partial charge in [0.25, 0.3) is 0 Å². The van der Waals surface area contributed by atoms with Gasteiger partial charge in [-0.05, 0) is 80.9 Å². The van der Waals surface area contributed by atoms with E-state index in [2.05, 4.69) is 6.92 Å². The summed E-state index contributed by atoms with van der Waals surface area (Å²) < 4.78 is 42.5. The molecule has 144 valence electrons. The first-order valence-corrected chi connectivity index (χ1v) is 10.4. The first-order chi connectivity index (χ1) is 12.6. The van der Waals surface area contributed by atoms with Crippen LogP contribution >= 0.6 is 0 Å². The molecule has 0 bridgehead atoms. The number of rotatable bonds is 5. The van der Waals surface area contributed by atoms with Crippen molar-refractivity contribution in [1.82, 2.24) is 0 Å². The number of benzene rings is 1. The monoisotopic (exact) mass is 364 g/mol. The molecule has 0 spiro atoms. The van der Waals surface area contributed by atoms with Gasteiger partial charge < -0.3 is 0 Å². The van der Waals surface area contributed by atoms with Crippen molar-refractivity contribution in [3.8, 4) is 0 Å². The SMILES string of the molecule is CCCC1CCC(/C(F)=C(\F)C2CCC(c3ccc(F)cc3)CC2)CC1. The lowest BCUT2D eigenvalue weighted by Crippen LogP contribution is -2.19. The Morgan fingerprint density at radius 3 is 1.81 bits per heavy atom. The summed E-state index contributed by atoms with van der Waals surface area (Å²) in [5.74, 6) is -0.567. The van der Waals surface area contributed by atoms with Gasteiger partial charge in [-0.25, -0.2) is 13.2 Å². The van der Waals surface area contributed by atoms with E-state index >= 15 is 0 Å². The third kappa shape index (κ3) is 4.72. The van der Waals surface area contributed by atoms with E-state index in [1.807, 2.05) is 12.1 Å². The van der Waals surface area contributed by atoms with E-state index in [0.29, 0.717) is 24.7 Å². The highest BCUT2D eigenvalue weighted by molar-refractivity contribution is 5.21. The van der Waals surface area contributed by atoms with Crippen LogP contribution in [0, 0.1) is 23.6 Å². The van der Waals surface area contributed by atoms with Crippen molar-refractivity contribution in [2.45, 2.75) is 77.0 Å². The Morgan fingerprint density at radius 2 is 1.31 bits per heavy atom. The standard InChI is InChI=1S/C23H31F3/c1-2-3-16-4-6-19(7-5-16)22(25)23(26)20-10-8-17(9-11-20)18-12-14-21(24)15-13-18/h12-17,19-20H,2-11H2,1H3/b23-22+. The van der Waals surface area contributed by atoms with Gasteiger partial charge in [-0.1, -0.05) is 31.9 Å². The molecule has 1 aromatic carbocycles. The van der Waals surface area contributed by atoms with Gasteiger partial charge in [0.15, 0.2) is 0 Å². The van der Waals surface area contributed by atoms with Crippen LogP contribution in [0.15, 0.2) is 35.9 Å². The van der Waals surface area contributed by atoms with E-state index in [1.165, 1.54) is 25.0 Å². The summed E-state index contributed by atoms with van der Waals surface area (Å²) in [6.07, 6.45) is 9.14. The van der Waals surface area contributed by atoms with E-state index < -0.39 is 11.7 Å². The van der Waals surface area contributed by atoms with Gasteiger partial charge in [0, 0.05) is 11.8 Å². The molecule has 1 aromatic rings. The maximum Gasteiger partial charge on any atom is 0.135 e. The molecule has 0 aromatic heterocycles. The number of hydrogen-bond acceptors (Lipinski definition) is 0. The molecule has 2 saturated carbocycles. The normalized spacial score (nSPS) is 30.8. The summed E-state index contributed by atoms with van der Waals surface area (Å²) in [6.45, 7) is 2.19. The van der Waals surface area contributed by atoms with E-state index in [0.717, 1.165) is 44.1 Å². The highest BCUT2D eigenvalue weighted by Gasteiger charge is 2.31. The highest BCUT2D eigenvalue weighted by atomic mass is 19.2. The molecule has 0 N–H and O–H groups in total.